The van der Waals surface area contributed by atoms with E-state index in [9.17, 15) is 4.79 Å². The molecule has 1 rings (SSSR count). The topological polar surface area (TPSA) is 70.4 Å². The van der Waals surface area contributed by atoms with Crippen molar-refractivity contribution in [2.45, 2.75) is 19.0 Å². The molecule has 4 N–H and O–H groups in total. The first-order chi connectivity index (χ1) is 7.13. The molecular formula is C10H20N4O. The highest BCUT2D eigenvalue weighted by molar-refractivity contribution is 5.58. The summed E-state index contributed by atoms with van der Waals surface area (Å²) < 4.78 is 0. The lowest BCUT2D eigenvalue weighted by Gasteiger charge is -2.47. The van der Waals surface area contributed by atoms with E-state index in [0.717, 1.165) is 13.0 Å². The zero-order valence-corrected chi connectivity index (χ0v) is 9.63. The number of carbonyl (C=O) groups excluding carboxylic acids is 1. The zero-order chi connectivity index (χ0) is 11.5. The molecule has 0 saturated carbocycles. The summed E-state index contributed by atoms with van der Waals surface area (Å²) in [6, 6.07) is 0. The second-order valence-electron chi connectivity index (χ2n) is 3.93. The van der Waals surface area contributed by atoms with Gasteiger partial charge in [-0.3, -0.25) is 10.7 Å². The van der Waals surface area contributed by atoms with Crippen LogP contribution in [0.2, 0.25) is 0 Å². The Morgan fingerprint density at radius 1 is 1.67 bits per heavy atom. The minimum absolute atomic E-state index is 0.129. The molecular weight excluding hydrogens is 192 g/mol. The van der Waals surface area contributed by atoms with Gasteiger partial charge in [-0.05, 0) is 34.0 Å². The minimum atomic E-state index is -0.487. The third-order valence-corrected chi connectivity index (χ3v) is 3.32. The maximum Gasteiger partial charge on any atom is 0.127 e. The van der Waals surface area contributed by atoms with Gasteiger partial charge in [-0.2, -0.15) is 0 Å². The highest BCUT2D eigenvalue weighted by Crippen LogP contribution is 2.31. The van der Waals surface area contributed by atoms with Crippen LogP contribution in [0, 0.1) is 5.92 Å². The van der Waals surface area contributed by atoms with Crippen molar-refractivity contribution in [3.63, 3.8) is 0 Å². The van der Waals surface area contributed by atoms with Gasteiger partial charge in [0, 0.05) is 12.5 Å². The Bertz CT molecular complexity index is 275. The van der Waals surface area contributed by atoms with Crippen molar-refractivity contribution in [1.29, 1.82) is 0 Å². The molecule has 5 nitrogen and oxygen atoms in total. The van der Waals surface area contributed by atoms with Crippen LogP contribution >= 0.6 is 0 Å². The van der Waals surface area contributed by atoms with E-state index in [4.69, 9.17) is 5.73 Å². The van der Waals surface area contributed by atoms with Gasteiger partial charge < -0.3 is 5.73 Å². The number of hydrogen-bond acceptors (Lipinski definition) is 5. The first-order valence-electron chi connectivity index (χ1n) is 5.23. The summed E-state index contributed by atoms with van der Waals surface area (Å²) in [6.07, 6.45) is 0.888. The number of hydrazine groups is 1. The minimum Gasteiger partial charge on any atom is -0.330 e. The third-order valence-electron chi connectivity index (χ3n) is 3.32. The first-order valence-corrected chi connectivity index (χ1v) is 5.23. The maximum absolute atomic E-state index is 11.1. The molecule has 2 unspecified atom stereocenters. The summed E-state index contributed by atoms with van der Waals surface area (Å²) in [7, 11) is 3.68. The van der Waals surface area contributed by atoms with Crippen molar-refractivity contribution in [3.8, 4) is 0 Å². The highest BCUT2D eigenvalue weighted by atomic mass is 16.1. The summed E-state index contributed by atoms with van der Waals surface area (Å²) in [6.45, 7) is 3.33. The van der Waals surface area contributed by atoms with Gasteiger partial charge in [0.25, 0.3) is 0 Å². The van der Waals surface area contributed by atoms with E-state index in [1.54, 1.807) is 0 Å². The van der Waals surface area contributed by atoms with Crippen LogP contribution in [0.1, 0.15) is 13.3 Å². The summed E-state index contributed by atoms with van der Waals surface area (Å²) in [5.41, 5.74) is 8.96. The Labute approximate surface area is 90.7 Å². The molecule has 15 heavy (non-hydrogen) atoms. The number of rotatable bonds is 3. The van der Waals surface area contributed by atoms with Crippen LogP contribution in [-0.2, 0) is 4.79 Å². The molecule has 0 radical (unpaired) electrons. The lowest BCUT2D eigenvalue weighted by atomic mass is 9.83. The molecule has 0 amide bonds. The fourth-order valence-corrected chi connectivity index (χ4v) is 2.22. The Morgan fingerprint density at radius 3 is 2.73 bits per heavy atom. The maximum atomic E-state index is 11.1. The van der Waals surface area contributed by atoms with Gasteiger partial charge >= 0.3 is 0 Å². The van der Waals surface area contributed by atoms with Gasteiger partial charge in [-0.25, -0.2) is 9.80 Å². The molecule has 0 aromatic carbocycles. The van der Waals surface area contributed by atoms with Gasteiger partial charge in [0.05, 0.1) is 5.57 Å². The van der Waals surface area contributed by atoms with E-state index in [-0.39, 0.29) is 5.92 Å². The van der Waals surface area contributed by atoms with Gasteiger partial charge in [0.1, 0.15) is 11.6 Å². The van der Waals surface area contributed by atoms with Gasteiger partial charge in [0.2, 0.25) is 0 Å². The fraction of sp³-hybridized carbons (Fsp3) is 0.800. The summed E-state index contributed by atoms with van der Waals surface area (Å²) in [4.78, 5) is 11.1. The molecule has 0 aromatic heterocycles. The summed E-state index contributed by atoms with van der Waals surface area (Å²) >= 11 is 0. The molecule has 1 fully saturated rings. The molecule has 2 atom stereocenters. The predicted molar refractivity (Wildman–Crippen MR) is 59.6 cm³/mol. The molecule has 0 spiro atoms. The second kappa shape index (κ2) is 4.88. The summed E-state index contributed by atoms with van der Waals surface area (Å²) in [5, 5.41) is 5.15. The smallest absolute Gasteiger partial charge is 0.127 e. The average Bonchev–Trinajstić information content (AvgIpc) is 2.28. The van der Waals surface area contributed by atoms with Gasteiger partial charge in [-0.15, -0.1) is 0 Å². The largest absolute Gasteiger partial charge is 0.330 e. The lowest BCUT2D eigenvalue weighted by Crippen LogP contribution is -2.65. The number of hydrogen-bond donors (Lipinski definition) is 3. The van der Waals surface area contributed by atoms with Crippen molar-refractivity contribution in [2.75, 3.05) is 27.2 Å². The second-order valence-corrected chi connectivity index (χ2v) is 3.93. The monoisotopic (exact) mass is 212 g/mol. The Hall–Kier alpha value is -0.710. The van der Waals surface area contributed by atoms with Crippen LogP contribution in [0.5, 0.6) is 0 Å². The molecule has 86 valence electrons. The van der Waals surface area contributed by atoms with Crippen LogP contribution in [0.4, 0.5) is 0 Å². The number of piperidine rings is 1. The first kappa shape index (κ1) is 12.4. The third kappa shape index (κ3) is 1.97. The van der Waals surface area contributed by atoms with Crippen LogP contribution in [0.3, 0.4) is 0 Å². The van der Waals surface area contributed by atoms with Crippen LogP contribution < -0.4 is 16.5 Å². The van der Waals surface area contributed by atoms with Crippen LogP contribution in [0.15, 0.2) is 5.57 Å². The predicted octanol–water partition coefficient (Wildman–Crippen LogP) is -0.905. The molecule has 1 aliphatic heterocycles. The number of nitrogens with one attached hydrogen (secondary N) is 2. The van der Waals surface area contributed by atoms with E-state index in [2.05, 4.69) is 16.7 Å². The molecule has 0 aromatic rings. The summed E-state index contributed by atoms with van der Waals surface area (Å²) in [5.74, 6) is 2.18. The lowest BCUT2D eigenvalue weighted by molar-refractivity contribution is 0.0277. The molecule has 1 aliphatic rings. The number of nitrogens with zero attached hydrogens (tertiary/aromatic N) is 1. The molecule has 1 saturated heterocycles. The Balaban J connectivity index is 3.05. The Kier molecular flexibility index (Phi) is 4.02. The normalized spacial score (nSPS) is 32.8. The molecule has 1 heterocycles. The van der Waals surface area contributed by atoms with Crippen molar-refractivity contribution >= 4 is 5.94 Å². The van der Waals surface area contributed by atoms with Gasteiger partial charge in [0.15, 0.2) is 0 Å². The fourth-order valence-electron chi connectivity index (χ4n) is 2.22. The SMILES string of the molecule is CNN1CCC(CN)C(=C=O)C1(C)NC. The van der Waals surface area contributed by atoms with Crippen LogP contribution in [0.25, 0.3) is 0 Å². The molecule has 0 bridgehead atoms. The van der Waals surface area contributed by atoms with Crippen molar-refractivity contribution in [2.24, 2.45) is 11.7 Å². The number of nitrogens with two attached hydrogens (primary N) is 1. The van der Waals surface area contributed by atoms with E-state index < -0.39 is 5.66 Å². The Morgan fingerprint density at radius 2 is 2.33 bits per heavy atom. The van der Waals surface area contributed by atoms with E-state index >= 15 is 0 Å². The molecule has 0 aliphatic carbocycles. The van der Waals surface area contributed by atoms with Crippen molar-refractivity contribution in [3.05, 3.63) is 5.57 Å². The van der Waals surface area contributed by atoms with E-state index in [0.29, 0.717) is 12.1 Å². The van der Waals surface area contributed by atoms with E-state index in [1.807, 2.05) is 26.0 Å². The standard InChI is InChI=1S/C10H20N4O/c1-10(12-2)9(7-15)8(6-11)4-5-14(10)13-3/h8,12-13H,4-6,11H2,1-3H3. The average molecular weight is 212 g/mol. The zero-order valence-electron chi connectivity index (χ0n) is 9.63. The van der Waals surface area contributed by atoms with Crippen molar-refractivity contribution < 1.29 is 4.79 Å². The van der Waals surface area contributed by atoms with Crippen molar-refractivity contribution in [1.82, 2.24) is 15.8 Å². The number of likely N-dealkylation sites (N-methyl/N-ethyl adjacent to an activating group) is 1. The van der Waals surface area contributed by atoms with E-state index in [1.165, 1.54) is 0 Å². The quantitative estimate of drug-likeness (QED) is 0.529. The van der Waals surface area contributed by atoms with Crippen LogP contribution in [-0.4, -0.2) is 43.8 Å². The molecule has 5 heteroatoms. The van der Waals surface area contributed by atoms with Gasteiger partial charge in [-0.1, -0.05) is 0 Å². The highest BCUT2D eigenvalue weighted by Gasteiger charge is 2.42.